The van der Waals surface area contributed by atoms with Crippen LogP contribution in [-0.2, 0) is 11.3 Å². The second-order valence-electron chi connectivity index (χ2n) is 4.84. The van der Waals surface area contributed by atoms with E-state index in [-0.39, 0.29) is 18.7 Å². The number of hydrogen-bond acceptors (Lipinski definition) is 5. The Bertz CT molecular complexity index is 635. The zero-order valence-corrected chi connectivity index (χ0v) is 11.3. The SMILES string of the molecule is O=Cc1cn(C2CN(C(=O)OCc3ccccc3)C2)nn1. The molecule has 1 saturated heterocycles. The van der Waals surface area contributed by atoms with Gasteiger partial charge in [0.25, 0.3) is 0 Å². The zero-order chi connectivity index (χ0) is 14.7. The smallest absolute Gasteiger partial charge is 0.410 e. The van der Waals surface area contributed by atoms with Crippen LogP contribution in [0.15, 0.2) is 36.5 Å². The Morgan fingerprint density at radius 2 is 2.10 bits per heavy atom. The number of carbonyl (C=O) groups excluding carboxylic acids is 2. The second-order valence-corrected chi connectivity index (χ2v) is 4.84. The van der Waals surface area contributed by atoms with Gasteiger partial charge in [-0.25, -0.2) is 9.48 Å². The zero-order valence-electron chi connectivity index (χ0n) is 11.3. The van der Waals surface area contributed by atoms with Crippen molar-refractivity contribution in [3.63, 3.8) is 0 Å². The second kappa shape index (κ2) is 5.74. The van der Waals surface area contributed by atoms with E-state index in [1.807, 2.05) is 30.3 Å². The minimum atomic E-state index is -0.342. The maximum Gasteiger partial charge on any atom is 0.410 e. The minimum absolute atomic E-state index is 0.0514. The molecule has 0 spiro atoms. The molecule has 1 aliphatic heterocycles. The predicted octanol–water partition coefficient (Wildman–Crippen LogP) is 1.28. The first-order valence-corrected chi connectivity index (χ1v) is 6.59. The number of aldehydes is 1. The third kappa shape index (κ3) is 2.91. The fourth-order valence-corrected chi connectivity index (χ4v) is 2.11. The molecular formula is C14H14N4O3. The number of ether oxygens (including phenoxy) is 1. The van der Waals surface area contributed by atoms with Crippen molar-refractivity contribution < 1.29 is 14.3 Å². The van der Waals surface area contributed by atoms with Crippen LogP contribution in [0.25, 0.3) is 0 Å². The van der Waals surface area contributed by atoms with Crippen molar-refractivity contribution in [3.8, 4) is 0 Å². The van der Waals surface area contributed by atoms with Gasteiger partial charge in [0.2, 0.25) is 0 Å². The third-order valence-electron chi connectivity index (χ3n) is 3.35. The first kappa shape index (κ1) is 13.3. The van der Waals surface area contributed by atoms with Gasteiger partial charge in [-0.2, -0.15) is 0 Å². The highest BCUT2D eigenvalue weighted by Crippen LogP contribution is 2.21. The molecule has 21 heavy (non-hydrogen) atoms. The number of likely N-dealkylation sites (tertiary alicyclic amines) is 1. The maximum absolute atomic E-state index is 11.8. The van der Waals surface area contributed by atoms with Crippen LogP contribution < -0.4 is 0 Å². The van der Waals surface area contributed by atoms with Gasteiger partial charge >= 0.3 is 6.09 Å². The maximum atomic E-state index is 11.8. The summed E-state index contributed by atoms with van der Waals surface area (Å²) in [6.07, 6.45) is 1.88. The number of rotatable bonds is 4. The molecule has 0 aliphatic carbocycles. The van der Waals surface area contributed by atoms with Crippen molar-refractivity contribution >= 4 is 12.4 Å². The van der Waals surface area contributed by atoms with Gasteiger partial charge in [-0.05, 0) is 5.56 Å². The lowest BCUT2D eigenvalue weighted by Crippen LogP contribution is -2.51. The first-order chi connectivity index (χ1) is 10.3. The van der Waals surface area contributed by atoms with Crippen molar-refractivity contribution in [1.29, 1.82) is 0 Å². The molecule has 3 rings (SSSR count). The lowest BCUT2D eigenvalue weighted by Gasteiger charge is -2.37. The highest BCUT2D eigenvalue weighted by Gasteiger charge is 2.33. The van der Waals surface area contributed by atoms with Gasteiger partial charge in [0, 0.05) is 13.1 Å². The molecule has 0 saturated carbocycles. The molecule has 108 valence electrons. The van der Waals surface area contributed by atoms with Gasteiger partial charge in [0.15, 0.2) is 6.29 Å². The highest BCUT2D eigenvalue weighted by molar-refractivity contribution is 5.70. The summed E-state index contributed by atoms with van der Waals surface area (Å²) in [6, 6.07) is 9.58. The normalized spacial score (nSPS) is 14.6. The van der Waals surface area contributed by atoms with Crippen molar-refractivity contribution in [1.82, 2.24) is 19.9 Å². The molecule has 0 atom stereocenters. The van der Waals surface area contributed by atoms with Crippen LogP contribution in [-0.4, -0.2) is 45.4 Å². The summed E-state index contributed by atoms with van der Waals surface area (Å²) in [5, 5.41) is 7.55. The van der Waals surface area contributed by atoms with Crippen molar-refractivity contribution in [3.05, 3.63) is 47.8 Å². The Hall–Kier alpha value is -2.70. The van der Waals surface area contributed by atoms with Gasteiger partial charge in [-0.1, -0.05) is 35.5 Å². The summed E-state index contributed by atoms with van der Waals surface area (Å²) in [6.45, 7) is 1.28. The van der Waals surface area contributed by atoms with Gasteiger partial charge in [0.1, 0.15) is 12.3 Å². The fourth-order valence-electron chi connectivity index (χ4n) is 2.11. The summed E-state index contributed by atoms with van der Waals surface area (Å²) in [5.41, 5.74) is 1.25. The van der Waals surface area contributed by atoms with E-state index < -0.39 is 0 Å². The lowest BCUT2D eigenvalue weighted by atomic mass is 10.1. The fraction of sp³-hybridized carbons (Fsp3) is 0.286. The Kier molecular flexibility index (Phi) is 3.63. The quantitative estimate of drug-likeness (QED) is 0.791. The topological polar surface area (TPSA) is 77.3 Å². The summed E-state index contributed by atoms with van der Waals surface area (Å²) >= 11 is 0. The van der Waals surface area contributed by atoms with Gasteiger partial charge in [-0.3, -0.25) is 4.79 Å². The van der Waals surface area contributed by atoms with E-state index in [2.05, 4.69) is 10.3 Å². The molecule has 2 heterocycles. The van der Waals surface area contributed by atoms with Crippen LogP contribution in [0.2, 0.25) is 0 Å². The van der Waals surface area contributed by atoms with E-state index >= 15 is 0 Å². The van der Waals surface area contributed by atoms with E-state index in [1.54, 1.807) is 15.8 Å². The molecule has 2 aromatic rings. The Morgan fingerprint density at radius 3 is 2.76 bits per heavy atom. The largest absolute Gasteiger partial charge is 0.445 e. The molecule has 1 fully saturated rings. The number of aromatic nitrogens is 3. The van der Waals surface area contributed by atoms with E-state index in [4.69, 9.17) is 4.74 Å². The standard InChI is InChI=1S/C14H14N4O3/c19-9-12-6-18(16-15-12)13-7-17(8-13)14(20)21-10-11-4-2-1-3-5-11/h1-6,9,13H,7-8,10H2. The van der Waals surface area contributed by atoms with E-state index in [1.165, 1.54) is 0 Å². The summed E-state index contributed by atoms with van der Waals surface area (Å²) in [5.74, 6) is 0. The van der Waals surface area contributed by atoms with Crippen LogP contribution in [0.3, 0.4) is 0 Å². The lowest BCUT2D eigenvalue weighted by molar-refractivity contribution is 0.0491. The highest BCUT2D eigenvalue weighted by atomic mass is 16.6. The summed E-state index contributed by atoms with van der Waals surface area (Å²) in [4.78, 5) is 24.0. The van der Waals surface area contributed by atoms with Crippen LogP contribution in [0.5, 0.6) is 0 Å². The molecule has 7 heteroatoms. The van der Waals surface area contributed by atoms with Crippen molar-refractivity contribution in [2.75, 3.05) is 13.1 Å². The Labute approximate surface area is 121 Å². The van der Waals surface area contributed by atoms with Crippen LogP contribution >= 0.6 is 0 Å². The number of benzene rings is 1. The van der Waals surface area contributed by atoms with Gasteiger partial charge < -0.3 is 9.64 Å². The molecular weight excluding hydrogens is 272 g/mol. The number of amides is 1. The van der Waals surface area contributed by atoms with E-state index in [0.29, 0.717) is 25.1 Å². The van der Waals surface area contributed by atoms with Gasteiger partial charge in [0.05, 0.1) is 12.2 Å². The third-order valence-corrected chi connectivity index (χ3v) is 3.35. The number of carbonyl (C=O) groups is 2. The average molecular weight is 286 g/mol. The molecule has 1 amide bonds. The molecule has 1 aliphatic rings. The van der Waals surface area contributed by atoms with Gasteiger partial charge in [-0.15, -0.1) is 5.10 Å². The molecule has 1 aromatic heterocycles. The molecule has 0 N–H and O–H groups in total. The first-order valence-electron chi connectivity index (χ1n) is 6.59. The van der Waals surface area contributed by atoms with Crippen LogP contribution in [0.4, 0.5) is 4.79 Å². The Morgan fingerprint density at radius 1 is 1.33 bits per heavy atom. The van der Waals surface area contributed by atoms with Crippen molar-refractivity contribution in [2.24, 2.45) is 0 Å². The molecule has 0 bridgehead atoms. The molecule has 0 unspecified atom stereocenters. The molecule has 7 nitrogen and oxygen atoms in total. The van der Waals surface area contributed by atoms with Crippen LogP contribution in [0, 0.1) is 0 Å². The minimum Gasteiger partial charge on any atom is -0.445 e. The summed E-state index contributed by atoms with van der Waals surface area (Å²) < 4.78 is 6.83. The van der Waals surface area contributed by atoms with Crippen LogP contribution in [0.1, 0.15) is 22.1 Å². The molecule has 0 radical (unpaired) electrons. The number of nitrogens with zero attached hydrogens (tertiary/aromatic N) is 4. The van der Waals surface area contributed by atoms with E-state index in [9.17, 15) is 9.59 Å². The van der Waals surface area contributed by atoms with E-state index in [0.717, 1.165) is 5.56 Å². The average Bonchev–Trinajstić information content (AvgIpc) is 2.93. The van der Waals surface area contributed by atoms with Crippen molar-refractivity contribution in [2.45, 2.75) is 12.6 Å². The Balaban J connectivity index is 1.47. The predicted molar refractivity (Wildman–Crippen MR) is 72.6 cm³/mol. The summed E-state index contributed by atoms with van der Waals surface area (Å²) in [7, 11) is 0. The monoisotopic (exact) mass is 286 g/mol. The number of hydrogen-bond donors (Lipinski definition) is 0. The molecule has 1 aromatic carbocycles.